The van der Waals surface area contributed by atoms with Crippen molar-refractivity contribution in [2.24, 2.45) is 5.73 Å². The van der Waals surface area contributed by atoms with Crippen LogP contribution in [0.3, 0.4) is 0 Å². The molecule has 43 heavy (non-hydrogen) atoms. The average Bonchev–Trinajstić information content (AvgIpc) is 2.98. The molecular weight excluding hydrogens is 569 g/mol. The molecule has 2 unspecified atom stereocenters. The summed E-state index contributed by atoms with van der Waals surface area (Å²) in [7, 11) is 0. The molecule has 0 aliphatic carbocycles. The molecule has 0 spiro atoms. The maximum absolute atomic E-state index is 14.2. The number of alkyl halides is 3. The van der Waals surface area contributed by atoms with Gasteiger partial charge in [0.1, 0.15) is 17.3 Å². The van der Waals surface area contributed by atoms with Crippen molar-refractivity contribution >= 4 is 23.2 Å². The van der Waals surface area contributed by atoms with Gasteiger partial charge < -0.3 is 16.4 Å². The van der Waals surface area contributed by atoms with Crippen molar-refractivity contribution in [2.75, 3.05) is 11.9 Å². The molecule has 0 fully saturated rings. The van der Waals surface area contributed by atoms with Crippen LogP contribution in [-0.4, -0.2) is 35.2 Å². The molecule has 0 saturated carbocycles. The van der Waals surface area contributed by atoms with E-state index >= 15 is 0 Å². The number of amides is 2. The predicted octanol–water partition coefficient (Wildman–Crippen LogP) is 6.13. The van der Waals surface area contributed by atoms with Crippen molar-refractivity contribution < 1.29 is 31.5 Å². The van der Waals surface area contributed by atoms with Gasteiger partial charge in [-0.1, -0.05) is 49.4 Å². The number of hydrogen-bond donors (Lipinski definition) is 4. The van der Waals surface area contributed by atoms with Gasteiger partial charge in [0.05, 0.1) is 23.8 Å². The molecule has 7 nitrogen and oxygen atoms in total. The quantitative estimate of drug-likeness (QED) is 0.130. The minimum Gasteiger partial charge on any atom is -0.376 e. The van der Waals surface area contributed by atoms with Gasteiger partial charge in [0, 0.05) is 28.9 Å². The Kier molecular flexibility index (Phi) is 9.18. The summed E-state index contributed by atoms with van der Waals surface area (Å²) in [5, 5.41) is 13.0. The zero-order chi connectivity index (χ0) is 31.3. The van der Waals surface area contributed by atoms with Gasteiger partial charge in [-0.25, -0.2) is 8.78 Å². The molecule has 1 aromatic heterocycles. The molecule has 4 aromatic rings. The molecule has 1 heterocycles. The molecule has 4 rings (SSSR count). The number of anilines is 1. The number of aromatic nitrogens is 1. The molecule has 2 atom stereocenters. The third-order valence-electron chi connectivity index (χ3n) is 6.79. The van der Waals surface area contributed by atoms with Crippen LogP contribution in [0.2, 0.25) is 0 Å². The monoisotopic (exact) mass is 595 g/mol. The summed E-state index contributed by atoms with van der Waals surface area (Å²) in [6.45, 7) is 1.25. The van der Waals surface area contributed by atoms with E-state index in [0.717, 1.165) is 12.1 Å². The first-order chi connectivity index (χ1) is 20.4. The standard InChI is InChI=1S/C31H26F5N5O2/c1-17(18-6-4-7-20(32)14-18)27(28-21(9-5-13-39-28)19-11-12-24(33)23(15-19)30(38)43)41-26(42)16-40-25-10-3-2-8-22(25)29(37)31(34,35)36/h2-15,17,27,37,40H,16H2,1H3,(H2,38,43)(H,41,42). The SMILES string of the molecule is CC(c1cccc(F)c1)C(NC(=O)CNc1ccccc1C(=N)C(F)(F)F)c1ncccc1-c1ccc(F)c(C(N)=O)c1. The summed E-state index contributed by atoms with van der Waals surface area (Å²) < 4.78 is 68.0. The lowest BCUT2D eigenvalue weighted by atomic mass is 9.87. The van der Waals surface area contributed by atoms with E-state index in [1.54, 1.807) is 25.1 Å². The highest BCUT2D eigenvalue weighted by molar-refractivity contribution is 6.06. The number of pyridine rings is 1. The first-order valence-corrected chi connectivity index (χ1v) is 12.9. The van der Waals surface area contributed by atoms with Crippen LogP contribution in [0.4, 0.5) is 27.6 Å². The Bertz CT molecular complexity index is 1670. The smallest absolute Gasteiger partial charge is 0.376 e. The van der Waals surface area contributed by atoms with Crippen molar-refractivity contribution in [3.8, 4) is 11.1 Å². The fourth-order valence-electron chi connectivity index (χ4n) is 4.61. The third-order valence-corrected chi connectivity index (χ3v) is 6.79. The molecule has 5 N–H and O–H groups in total. The van der Waals surface area contributed by atoms with Crippen molar-refractivity contribution in [3.05, 3.63) is 119 Å². The number of para-hydroxylation sites is 1. The fourth-order valence-corrected chi connectivity index (χ4v) is 4.61. The number of benzene rings is 3. The second-order valence-corrected chi connectivity index (χ2v) is 9.66. The van der Waals surface area contributed by atoms with Crippen LogP contribution in [0.5, 0.6) is 0 Å². The molecule has 2 amide bonds. The van der Waals surface area contributed by atoms with Crippen LogP contribution in [0.25, 0.3) is 11.1 Å². The number of hydrogen-bond acceptors (Lipinski definition) is 5. The average molecular weight is 596 g/mol. The Balaban J connectivity index is 1.70. The third kappa shape index (κ3) is 7.21. The Morgan fingerprint density at radius 3 is 2.40 bits per heavy atom. The minimum atomic E-state index is -4.89. The van der Waals surface area contributed by atoms with Gasteiger partial charge >= 0.3 is 6.18 Å². The summed E-state index contributed by atoms with van der Waals surface area (Å²) in [5.41, 5.74) is 4.52. The van der Waals surface area contributed by atoms with E-state index < -0.39 is 59.4 Å². The van der Waals surface area contributed by atoms with E-state index in [2.05, 4.69) is 15.6 Å². The Hall–Kier alpha value is -5.13. The second kappa shape index (κ2) is 12.8. The van der Waals surface area contributed by atoms with Crippen molar-refractivity contribution in [3.63, 3.8) is 0 Å². The summed E-state index contributed by atoms with van der Waals surface area (Å²) >= 11 is 0. The maximum Gasteiger partial charge on any atom is 0.433 e. The Labute approximate surface area is 243 Å². The van der Waals surface area contributed by atoms with Crippen molar-refractivity contribution in [2.45, 2.75) is 25.1 Å². The lowest BCUT2D eigenvalue weighted by Crippen LogP contribution is -2.36. The van der Waals surface area contributed by atoms with Gasteiger partial charge in [-0.3, -0.25) is 20.0 Å². The zero-order valence-corrected chi connectivity index (χ0v) is 22.7. The number of halogens is 5. The van der Waals surface area contributed by atoms with Crippen LogP contribution in [0.1, 0.15) is 46.1 Å². The lowest BCUT2D eigenvalue weighted by molar-refractivity contribution is -0.120. The highest BCUT2D eigenvalue weighted by Crippen LogP contribution is 2.36. The molecule has 0 aliphatic heterocycles. The molecule has 0 bridgehead atoms. The number of nitrogens with one attached hydrogen (secondary N) is 3. The van der Waals surface area contributed by atoms with E-state index in [1.807, 2.05) is 0 Å². The summed E-state index contributed by atoms with van der Waals surface area (Å²) in [4.78, 5) is 29.5. The fraction of sp³-hybridized carbons (Fsp3) is 0.161. The first kappa shape index (κ1) is 30.8. The maximum atomic E-state index is 14.2. The van der Waals surface area contributed by atoms with Crippen LogP contribution in [-0.2, 0) is 4.79 Å². The summed E-state index contributed by atoms with van der Waals surface area (Å²) in [6.07, 6.45) is -3.43. The highest BCUT2D eigenvalue weighted by Gasteiger charge is 2.36. The molecule has 3 aromatic carbocycles. The van der Waals surface area contributed by atoms with Crippen molar-refractivity contribution in [1.29, 1.82) is 5.41 Å². The highest BCUT2D eigenvalue weighted by atomic mass is 19.4. The number of carbonyl (C=O) groups excluding carboxylic acids is 2. The number of carbonyl (C=O) groups is 2. The molecule has 0 saturated heterocycles. The zero-order valence-electron chi connectivity index (χ0n) is 22.7. The number of nitrogens with two attached hydrogens (primary N) is 1. The van der Waals surface area contributed by atoms with Gasteiger partial charge in [-0.2, -0.15) is 13.2 Å². The summed E-state index contributed by atoms with van der Waals surface area (Å²) in [6, 6.07) is 17.1. The van der Waals surface area contributed by atoms with Crippen LogP contribution in [0.15, 0.2) is 85.1 Å². The Morgan fingerprint density at radius 2 is 1.70 bits per heavy atom. The van der Waals surface area contributed by atoms with E-state index in [1.165, 1.54) is 54.7 Å². The normalized spacial score (nSPS) is 12.7. The van der Waals surface area contributed by atoms with E-state index in [9.17, 15) is 31.5 Å². The van der Waals surface area contributed by atoms with Gasteiger partial charge in [0.2, 0.25) is 5.91 Å². The molecule has 0 aliphatic rings. The largest absolute Gasteiger partial charge is 0.433 e. The second-order valence-electron chi connectivity index (χ2n) is 9.66. The minimum absolute atomic E-state index is 0.0708. The Morgan fingerprint density at radius 1 is 0.953 bits per heavy atom. The van der Waals surface area contributed by atoms with Gasteiger partial charge in [0.25, 0.3) is 5.91 Å². The van der Waals surface area contributed by atoms with Crippen LogP contribution in [0, 0.1) is 17.0 Å². The van der Waals surface area contributed by atoms with Crippen LogP contribution >= 0.6 is 0 Å². The number of rotatable bonds is 10. The predicted molar refractivity (Wildman–Crippen MR) is 152 cm³/mol. The molecule has 222 valence electrons. The van der Waals surface area contributed by atoms with Crippen molar-refractivity contribution in [1.82, 2.24) is 10.3 Å². The first-order valence-electron chi connectivity index (χ1n) is 12.9. The van der Waals surface area contributed by atoms with E-state index in [0.29, 0.717) is 22.4 Å². The van der Waals surface area contributed by atoms with E-state index in [-0.39, 0.29) is 11.3 Å². The van der Waals surface area contributed by atoms with Crippen LogP contribution < -0.4 is 16.4 Å². The summed E-state index contributed by atoms with van der Waals surface area (Å²) in [5.74, 6) is -3.53. The van der Waals surface area contributed by atoms with Gasteiger partial charge in [-0.15, -0.1) is 0 Å². The van der Waals surface area contributed by atoms with Gasteiger partial charge in [-0.05, 0) is 47.5 Å². The molecule has 12 heteroatoms. The van der Waals surface area contributed by atoms with E-state index in [4.69, 9.17) is 11.1 Å². The lowest BCUT2D eigenvalue weighted by Gasteiger charge is -2.27. The molecular formula is C31H26F5N5O2. The number of nitrogens with zero attached hydrogens (tertiary/aromatic N) is 1. The number of primary amides is 1. The van der Waals surface area contributed by atoms with Gasteiger partial charge in [0.15, 0.2) is 0 Å². The molecule has 0 radical (unpaired) electrons. The topological polar surface area (TPSA) is 121 Å².